The van der Waals surface area contributed by atoms with Crippen LogP contribution in [0.15, 0.2) is 0 Å². The molecule has 0 aliphatic heterocycles. The maximum atomic E-state index is 9.73. The minimum atomic E-state index is -3.36. The predicted octanol–water partition coefficient (Wildman–Crippen LogP) is 4.36. The van der Waals surface area contributed by atoms with E-state index in [1.54, 1.807) is 6.92 Å². The molecule has 4 aliphatic rings. The molecule has 6 N–H and O–H groups in total. The zero-order valence-electron chi connectivity index (χ0n) is 22.5. The van der Waals surface area contributed by atoms with Crippen LogP contribution in [0.4, 0.5) is 0 Å². The molecular weight excluding hydrogens is 444 g/mol. The van der Waals surface area contributed by atoms with Crippen LogP contribution in [0.2, 0.25) is 0 Å². The van der Waals surface area contributed by atoms with Crippen LogP contribution in [0.1, 0.15) is 111 Å². The molecular formula is C29H52O6. The van der Waals surface area contributed by atoms with Gasteiger partial charge in [0.05, 0.1) is 0 Å². The van der Waals surface area contributed by atoms with E-state index in [-0.39, 0.29) is 0 Å². The van der Waals surface area contributed by atoms with Gasteiger partial charge in [-0.1, -0.05) is 53.4 Å². The zero-order valence-corrected chi connectivity index (χ0v) is 22.5. The van der Waals surface area contributed by atoms with Gasteiger partial charge in [-0.15, -0.1) is 0 Å². The molecule has 0 heterocycles. The van der Waals surface area contributed by atoms with Crippen molar-refractivity contribution >= 4 is 0 Å². The van der Waals surface area contributed by atoms with Crippen molar-refractivity contribution in [1.29, 1.82) is 0 Å². The van der Waals surface area contributed by atoms with E-state index < -0.39 is 23.8 Å². The van der Waals surface area contributed by atoms with Gasteiger partial charge in [0.25, 0.3) is 11.9 Å². The molecule has 0 amide bonds. The molecule has 0 spiro atoms. The summed E-state index contributed by atoms with van der Waals surface area (Å²) >= 11 is 0. The third kappa shape index (κ3) is 4.97. The lowest BCUT2D eigenvalue weighted by atomic mass is 9.44. The Morgan fingerprint density at radius 3 is 2.03 bits per heavy atom. The maximum absolute atomic E-state index is 9.73. The number of aliphatic hydroxyl groups is 6. The minimum absolute atomic E-state index is 0.336. The normalized spacial score (nSPS) is 41.7. The van der Waals surface area contributed by atoms with Crippen molar-refractivity contribution in [3.05, 3.63) is 0 Å². The summed E-state index contributed by atoms with van der Waals surface area (Å²) in [6, 6.07) is 0. The maximum Gasteiger partial charge on any atom is 0.286 e. The topological polar surface area (TPSA) is 121 Å². The minimum Gasteiger partial charge on any atom is -0.343 e. The summed E-state index contributed by atoms with van der Waals surface area (Å²) in [7, 11) is 0. The van der Waals surface area contributed by atoms with Crippen LogP contribution in [-0.4, -0.2) is 42.6 Å². The molecule has 6 nitrogen and oxygen atoms in total. The van der Waals surface area contributed by atoms with Crippen LogP contribution >= 0.6 is 0 Å². The molecule has 0 aromatic carbocycles. The first-order valence-corrected chi connectivity index (χ1v) is 14.6. The molecule has 35 heavy (non-hydrogen) atoms. The fourth-order valence-electron chi connectivity index (χ4n) is 10.4. The van der Waals surface area contributed by atoms with Crippen LogP contribution in [-0.2, 0) is 0 Å². The lowest BCUT2D eigenvalue weighted by Crippen LogP contribution is -2.55. The van der Waals surface area contributed by atoms with Gasteiger partial charge in [-0.3, -0.25) is 0 Å². The van der Waals surface area contributed by atoms with Gasteiger partial charge >= 0.3 is 0 Å². The quantitative estimate of drug-likeness (QED) is 0.278. The van der Waals surface area contributed by atoms with E-state index in [1.807, 2.05) is 0 Å². The van der Waals surface area contributed by atoms with Crippen molar-refractivity contribution in [3.63, 3.8) is 0 Å². The Balaban J connectivity index is 1.44. The number of rotatable bonds is 8. The number of hydrogen-bond donors (Lipinski definition) is 6. The second-order valence-electron chi connectivity index (χ2n) is 13.7. The van der Waals surface area contributed by atoms with E-state index in [4.69, 9.17) is 0 Å². The highest BCUT2D eigenvalue weighted by Gasteiger charge is 2.60. The first kappa shape index (κ1) is 27.8. The summed E-state index contributed by atoms with van der Waals surface area (Å²) in [6.45, 7) is 9.26. The van der Waals surface area contributed by atoms with Crippen molar-refractivity contribution < 1.29 is 30.6 Å². The fraction of sp³-hybridized carbons (Fsp3) is 1.00. The third-order valence-corrected chi connectivity index (χ3v) is 12.2. The molecule has 0 saturated heterocycles. The molecule has 4 rings (SSSR count). The molecule has 0 radical (unpaired) electrons. The van der Waals surface area contributed by atoms with Crippen molar-refractivity contribution in [2.75, 3.05) is 0 Å². The Labute approximate surface area is 212 Å². The van der Waals surface area contributed by atoms with Gasteiger partial charge in [0, 0.05) is 0 Å². The Morgan fingerprint density at radius 1 is 0.743 bits per heavy atom. The molecule has 0 aromatic rings. The fourth-order valence-corrected chi connectivity index (χ4v) is 10.4. The van der Waals surface area contributed by atoms with Crippen LogP contribution < -0.4 is 0 Å². The second-order valence-corrected chi connectivity index (χ2v) is 13.7. The summed E-state index contributed by atoms with van der Waals surface area (Å²) in [5.74, 6) is -4.75. The largest absolute Gasteiger partial charge is 0.343 e. The molecule has 204 valence electrons. The summed E-state index contributed by atoms with van der Waals surface area (Å²) in [4.78, 5) is 0. The van der Waals surface area contributed by atoms with Crippen molar-refractivity contribution in [2.24, 2.45) is 58.2 Å². The van der Waals surface area contributed by atoms with Gasteiger partial charge in [-0.25, -0.2) is 0 Å². The second kappa shape index (κ2) is 9.81. The molecule has 4 saturated carbocycles. The summed E-state index contributed by atoms with van der Waals surface area (Å²) in [6.07, 6.45) is 15.4. The van der Waals surface area contributed by atoms with Gasteiger partial charge in [0.1, 0.15) is 5.92 Å². The lowest BCUT2D eigenvalue weighted by molar-refractivity contribution is -0.449. The average molecular weight is 497 g/mol. The van der Waals surface area contributed by atoms with Gasteiger partial charge in [0.15, 0.2) is 0 Å². The van der Waals surface area contributed by atoms with E-state index in [0.29, 0.717) is 35.5 Å². The molecule has 4 fully saturated rings. The van der Waals surface area contributed by atoms with Crippen LogP contribution in [0.3, 0.4) is 0 Å². The zero-order chi connectivity index (χ0) is 25.8. The van der Waals surface area contributed by atoms with E-state index in [9.17, 15) is 30.6 Å². The number of fused-ring (bicyclic) bond motifs is 5. The van der Waals surface area contributed by atoms with Gasteiger partial charge in [0.2, 0.25) is 0 Å². The van der Waals surface area contributed by atoms with E-state index >= 15 is 0 Å². The Kier molecular flexibility index (Phi) is 7.79. The molecule has 0 aromatic heterocycles. The summed E-state index contributed by atoms with van der Waals surface area (Å²) in [5, 5.41) is 58.4. The molecule has 0 bridgehead atoms. The summed E-state index contributed by atoms with van der Waals surface area (Å²) in [5.41, 5.74) is 0.884. The molecule has 6 heteroatoms. The Morgan fingerprint density at radius 2 is 1.40 bits per heavy atom. The van der Waals surface area contributed by atoms with Crippen LogP contribution in [0.5, 0.6) is 0 Å². The lowest BCUT2D eigenvalue weighted by Gasteiger charge is -2.61. The molecule has 4 aliphatic carbocycles. The van der Waals surface area contributed by atoms with E-state index in [1.165, 1.54) is 64.2 Å². The highest BCUT2D eigenvalue weighted by Crippen LogP contribution is 2.68. The Hall–Kier alpha value is -0.240. The van der Waals surface area contributed by atoms with Gasteiger partial charge in [-0.05, 0) is 110 Å². The van der Waals surface area contributed by atoms with Gasteiger partial charge < -0.3 is 30.6 Å². The first-order chi connectivity index (χ1) is 16.2. The third-order valence-electron chi connectivity index (χ3n) is 12.2. The van der Waals surface area contributed by atoms with E-state index in [0.717, 1.165) is 30.1 Å². The van der Waals surface area contributed by atoms with Crippen molar-refractivity contribution in [3.8, 4) is 0 Å². The van der Waals surface area contributed by atoms with Crippen LogP contribution in [0.25, 0.3) is 0 Å². The monoisotopic (exact) mass is 496 g/mol. The SMILES string of the molecule is CC[C@H](CC[C@@H](C)[C@H]1CC[C@H]2[C@@H]3CCC4CCCC[C@]4(C)[C@H]3CC[C@]12C)C(C(O)(O)O)C(O)(O)O. The first-order valence-electron chi connectivity index (χ1n) is 14.6. The van der Waals surface area contributed by atoms with E-state index in [2.05, 4.69) is 20.8 Å². The number of hydrogen-bond acceptors (Lipinski definition) is 6. The average Bonchev–Trinajstić information content (AvgIpc) is 3.11. The summed E-state index contributed by atoms with van der Waals surface area (Å²) < 4.78 is 0. The highest BCUT2D eigenvalue weighted by molar-refractivity contribution is 5.09. The predicted molar refractivity (Wildman–Crippen MR) is 134 cm³/mol. The van der Waals surface area contributed by atoms with Gasteiger partial charge in [-0.2, -0.15) is 0 Å². The standard InChI is InChI=1S/C29H52O6/c1-5-19(25(28(30,31)32)29(33,34)35)10-9-18(2)22-13-14-23-21-12-11-20-8-6-7-16-26(20,3)24(21)15-17-27(22,23)4/h18-25,30-35H,5-17H2,1-4H3/t18-,19-,20?,21+,22-,23+,24+,26+,27-/m1/s1. The molecule has 1 unspecified atom stereocenters. The molecule has 9 atom stereocenters. The smallest absolute Gasteiger partial charge is 0.286 e. The van der Waals surface area contributed by atoms with Crippen LogP contribution in [0, 0.1) is 58.2 Å². The highest BCUT2D eigenvalue weighted by atomic mass is 16.7. The Bertz CT molecular complexity index is 714. The van der Waals surface area contributed by atoms with Crippen molar-refractivity contribution in [2.45, 2.75) is 123 Å². The van der Waals surface area contributed by atoms with Crippen molar-refractivity contribution in [1.82, 2.24) is 0 Å².